The minimum atomic E-state index is 0.705. The van der Waals surface area contributed by atoms with E-state index in [0.717, 1.165) is 30.4 Å². The Morgan fingerprint density at radius 2 is 2.28 bits per heavy atom. The van der Waals surface area contributed by atoms with Crippen LogP contribution in [0.1, 0.15) is 24.7 Å². The van der Waals surface area contributed by atoms with Crippen LogP contribution in [0.2, 0.25) is 0 Å². The molecule has 0 bridgehead atoms. The van der Waals surface area contributed by atoms with Gasteiger partial charge in [-0.25, -0.2) is 9.97 Å². The van der Waals surface area contributed by atoms with Crippen molar-refractivity contribution in [3.63, 3.8) is 0 Å². The van der Waals surface area contributed by atoms with Crippen LogP contribution in [-0.2, 0) is 6.54 Å². The average molecular weight is 263 g/mol. The summed E-state index contributed by atoms with van der Waals surface area (Å²) in [5.74, 6) is 0.817. The van der Waals surface area contributed by atoms with Crippen LogP contribution in [-0.4, -0.2) is 26.7 Å². The van der Waals surface area contributed by atoms with Gasteiger partial charge < -0.3 is 5.32 Å². The van der Waals surface area contributed by atoms with E-state index in [4.69, 9.17) is 0 Å². The van der Waals surface area contributed by atoms with Gasteiger partial charge in [0.25, 0.3) is 0 Å². The van der Waals surface area contributed by atoms with Crippen LogP contribution in [0.25, 0.3) is 0 Å². The predicted molar refractivity (Wildman–Crippen MR) is 71.5 cm³/mol. The second kappa shape index (κ2) is 6.51. The van der Waals surface area contributed by atoms with Crippen LogP contribution in [0.15, 0.2) is 28.5 Å². The molecule has 96 valence electrons. The molecule has 0 saturated heterocycles. The van der Waals surface area contributed by atoms with Gasteiger partial charge in [-0.2, -0.15) is 0 Å². The predicted octanol–water partition coefficient (Wildman–Crippen LogP) is 2.16. The lowest BCUT2D eigenvalue weighted by Crippen LogP contribution is -2.13. The fraction of sp³-hybridized carbons (Fsp3) is 0.417. The zero-order valence-electron chi connectivity index (χ0n) is 10.6. The number of aromatic nitrogens is 4. The molecule has 2 N–H and O–H groups in total. The zero-order chi connectivity index (χ0) is 12.8. The summed E-state index contributed by atoms with van der Waals surface area (Å²) in [6, 6.07) is 4.08. The molecule has 0 aliphatic carbocycles. The maximum absolute atomic E-state index is 4.39. The van der Waals surface area contributed by atoms with E-state index in [1.807, 2.05) is 19.2 Å². The Hall–Kier alpha value is -1.40. The minimum absolute atomic E-state index is 0.705. The third kappa shape index (κ3) is 3.82. The van der Waals surface area contributed by atoms with Gasteiger partial charge in [0.15, 0.2) is 0 Å². The quantitative estimate of drug-likeness (QED) is 0.782. The molecule has 18 heavy (non-hydrogen) atoms. The fourth-order valence-electron chi connectivity index (χ4n) is 1.45. The Morgan fingerprint density at radius 3 is 2.89 bits per heavy atom. The van der Waals surface area contributed by atoms with Crippen molar-refractivity contribution in [2.45, 2.75) is 37.0 Å². The van der Waals surface area contributed by atoms with Gasteiger partial charge in [0, 0.05) is 12.7 Å². The number of nitrogens with zero attached hydrogens (tertiary/aromatic N) is 3. The number of aromatic amines is 1. The summed E-state index contributed by atoms with van der Waals surface area (Å²) in [4.78, 5) is 8.62. The molecular weight excluding hydrogens is 246 g/mol. The fourth-order valence-corrected chi connectivity index (χ4v) is 2.15. The lowest BCUT2D eigenvalue weighted by atomic mass is 10.3. The molecule has 0 unspecified atom stereocenters. The summed E-state index contributed by atoms with van der Waals surface area (Å²) in [5, 5.41) is 11.8. The number of hydrogen-bond donors (Lipinski definition) is 2. The molecule has 0 aliphatic heterocycles. The highest BCUT2D eigenvalue weighted by molar-refractivity contribution is 7.99. The van der Waals surface area contributed by atoms with Gasteiger partial charge in [-0.15, -0.1) is 5.10 Å². The topological polar surface area (TPSA) is 66.5 Å². The van der Waals surface area contributed by atoms with E-state index in [0.29, 0.717) is 5.16 Å². The van der Waals surface area contributed by atoms with E-state index in [2.05, 4.69) is 38.5 Å². The molecule has 6 heteroatoms. The third-order valence-electron chi connectivity index (χ3n) is 2.33. The van der Waals surface area contributed by atoms with Crippen LogP contribution in [0.3, 0.4) is 0 Å². The molecular formula is C12H17N5S. The first kappa shape index (κ1) is 13.0. The first-order chi connectivity index (χ1) is 8.78. The molecule has 2 aromatic heterocycles. The average Bonchev–Trinajstić information content (AvgIpc) is 2.77. The SMILES string of the molecule is CCCNCc1ccc(Sc2n[nH]c(C)n2)nc1. The summed E-state index contributed by atoms with van der Waals surface area (Å²) in [7, 11) is 0. The summed E-state index contributed by atoms with van der Waals surface area (Å²) in [6.07, 6.45) is 3.04. The van der Waals surface area contributed by atoms with E-state index in [1.165, 1.54) is 17.3 Å². The maximum atomic E-state index is 4.39. The van der Waals surface area contributed by atoms with Gasteiger partial charge in [0.1, 0.15) is 10.9 Å². The number of pyridine rings is 1. The van der Waals surface area contributed by atoms with Crippen molar-refractivity contribution in [2.24, 2.45) is 0 Å². The van der Waals surface area contributed by atoms with E-state index >= 15 is 0 Å². The monoisotopic (exact) mass is 263 g/mol. The Bertz CT molecular complexity index is 479. The normalized spacial score (nSPS) is 10.8. The van der Waals surface area contributed by atoms with Crippen molar-refractivity contribution in [1.29, 1.82) is 0 Å². The minimum Gasteiger partial charge on any atom is -0.313 e. The molecule has 2 heterocycles. The van der Waals surface area contributed by atoms with Crippen molar-refractivity contribution in [3.8, 4) is 0 Å². The van der Waals surface area contributed by atoms with E-state index in [9.17, 15) is 0 Å². The number of hydrogen-bond acceptors (Lipinski definition) is 5. The highest BCUT2D eigenvalue weighted by atomic mass is 32.2. The summed E-state index contributed by atoms with van der Waals surface area (Å²) >= 11 is 1.46. The summed E-state index contributed by atoms with van der Waals surface area (Å²) in [6.45, 7) is 5.94. The Morgan fingerprint density at radius 1 is 1.39 bits per heavy atom. The maximum Gasteiger partial charge on any atom is 0.214 e. The summed E-state index contributed by atoms with van der Waals surface area (Å²) < 4.78 is 0. The van der Waals surface area contributed by atoms with Gasteiger partial charge >= 0.3 is 0 Å². The van der Waals surface area contributed by atoms with E-state index in [1.54, 1.807) is 0 Å². The standard InChI is InChI=1S/C12H17N5S/c1-3-6-13-7-10-4-5-11(14-8-10)18-12-15-9(2)16-17-12/h4-5,8,13H,3,6-7H2,1-2H3,(H,15,16,17). The molecule has 0 radical (unpaired) electrons. The van der Waals surface area contributed by atoms with Crippen LogP contribution >= 0.6 is 11.8 Å². The zero-order valence-corrected chi connectivity index (χ0v) is 11.4. The molecule has 5 nitrogen and oxygen atoms in total. The molecule has 0 aliphatic rings. The van der Waals surface area contributed by atoms with Gasteiger partial charge in [-0.1, -0.05) is 13.0 Å². The molecule has 0 atom stereocenters. The number of rotatable bonds is 6. The largest absolute Gasteiger partial charge is 0.313 e. The highest BCUT2D eigenvalue weighted by Crippen LogP contribution is 2.21. The van der Waals surface area contributed by atoms with E-state index < -0.39 is 0 Å². The van der Waals surface area contributed by atoms with Crippen LogP contribution in [0.4, 0.5) is 0 Å². The van der Waals surface area contributed by atoms with Gasteiger partial charge in [0.05, 0.1) is 0 Å². The number of H-pyrrole nitrogens is 1. The Kier molecular flexibility index (Phi) is 4.72. The molecule has 0 saturated carbocycles. The second-order valence-corrected chi connectivity index (χ2v) is 4.97. The second-order valence-electron chi connectivity index (χ2n) is 3.99. The van der Waals surface area contributed by atoms with Crippen LogP contribution < -0.4 is 5.32 Å². The van der Waals surface area contributed by atoms with Gasteiger partial charge in [-0.05, 0) is 43.3 Å². The molecule has 2 aromatic rings. The molecule has 0 fully saturated rings. The van der Waals surface area contributed by atoms with Crippen molar-refractivity contribution < 1.29 is 0 Å². The van der Waals surface area contributed by atoms with E-state index in [-0.39, 0.29) is 0 Å². The lowest BCUT2D eigenvalue weighted by molar-refractivity contribution is 0.673. The van der Waals surface area contributed by atoms with Crippen molar-refractivity contribution in [1.82, 2.24) is 25.5 Å². The summed E-state index contributed by atoms with van der Waals surface area (Å²) in [5.41, 5.74) is 1.19. The third-order valence-corrected chi connectivity index (χ3v) is 3.14. The Balaban J connectivity index is 1.91. The van der Waals surface area contributed by atoms with Crippen LogP contribution in [0.5, 0.6) is 0 Å². The first-order valence-corrected chi connectivity index (χ1v) is 6.82. The number of aryl methyl sites for hydroxylation is 1. The van der Waals surface area contributed by atoms with Crippen LogP contribution in [0, 0.1) is 6.92 Å². The molecule has 2 rings (SSSR count). The van der Waals surface area contributed by atoms with Crippen molar-refractivity contribution in [3.05, 3.63) is 29.7 Å². The Labute approximate surface area is 111 Å². The van der Waals surface area contributed by atoms with Crippen molar-refractivity contribution in [2.75, 3.05) is 6.54 Å². The molecule has 0 amide bonds. The molecule has 0 aromatic carbocycles. The van der Waals surface area contributed by atoms with Gasteiger partial charge in [-0.3, -0.25) is 5.10 Å². The molecule has 0 spiro atoms. The lowest BCUT2D eigenvalue weighted by Gasteiger charge is -2.03. The van der Waals surface area contributed by atoms with Gasteiger partial charge in [0.2, 0.25) is 5.16 Å². The smallest absolute Gasteiger partial charge is 0.214 e. The highest BCUT2D eigenvalue weighted by Gasteiger charge is 2.03. The van der Waals surface area contributed by atoms with Crippen molar-refractivity contribution >= 4 is 11.8 Å². The first-order valence-electron chi connectivity index (χ1n) is 6.00. The number of nitrogens with one attached hydrogen (secondary N) is 2.